The van der Waals surface area contributed by atoms with Gasteiger partial charge in [-0.3, -0.25) is 5.32 Å². The highest BCUT2D eigenvalue weighted by molar-refractivity contribution is 5.87. The molecule has 0 fully saturated rings. The maximum absolute atomic E-state index is 11.6. The molecule has 0 bridgehead atoms. The van der Waals surface area contributed by atoms with Gasteiger partial charge in [0.05, 0.1) is 12.3 Å². The van der Waals surface area contributed by atoms with E-state index in [1.807, 2.05) is 4.57 Å². The third kappa shape index (κ3) is 2.15. The number of carbonyl (C=O) groups is 1. The van der Waals surface area contributed by atoms with E-state index in [2.05, 4.69) is 22.2 Å². The zero-order chi connectivity index (χ0) is 17.7. The van der Waals surface area contributed by atoms with E-state index >= 15 is 0 Å². The molecule has 3 rings (SSSR count). The van der Waals surface area contributed by atoms with Crippen LogP contribution in [0.5, 0.6) is 0 Å². The Bertz CT molecular complexity index is 803. The van der Waals surface area contributed by atoms with Crippen LogP contribution in [0.1, 0.15) is 33.6 Å². The molecule has 24 heavy (non-hydrogen) atoms. The second-order valence-electron chi connectivity index (χ2n) is 6.54. The summed E-state index contributed by atoms with van der Waals surface area (Å²) in [6.45, 7) is 5.41. The number of aliphatic carboxylic acids is 1. The number of hydrogen-bond donors (Lipinski definition) is 3. The summed E-state index contributed by atoms with van der Waals surface area (Å²) in [4.78, 5) is 20.2. The molecule has 0 unspecified atom stereocenters. The highest BCUT2D eigenvalue weighted by atomic mass is 16.4. The molecule has 0 aliphatic carbocycles. The molecule has 2 aromatic heterocycles. The minimum atomic E-state index is -1.89. The molecule has 0 saturated heterocycles. The van der Waals surface area contributed by atoms with Crippen LogP contribution >= 0.6 is 0 Å². The summed E-state index contributed by atoms with van der Waals surface area (Å²) in [5.41, 5.74) is -2.75. The van der Waals surface area contributed by atoms with Crippen LogP contribution < -0.4 is 15.0 Å². The van der Waals surface area contributed by atoms with Gasteiger partial charge in [-0.2, -0.15) is 0 Å². The second-order valence-corrected chi connectivity index (χ2v) is 6.54. The van der Waals surface area contributed by atoms with E-state index in [0.29, 0.717) is 11.2 Å². The van der Waals surface area contributed by atoms with Crippen LogP contribution in [0.25, 0.3) is 11.2 Å². The van der Waals surface area contributed by atoms with Crippen LogP contribution in [0.4, 0.5) is 5.82 Å². The Labute approximate surface area is 138 Å². The molecular formula is C15H21N5O4. The fourth-order valence-electron chi connectivity index (χ4n) is 3.07. The summed E-state index contributed by atoms with van der Waals surface area (Å²) >= 11 is 0. The molecule has 3 heterocycles. The van der Waals surface area contributed by atoms with E-state index in [4.69, 9.17) is 0 Å². The first kappa shape index (κ1) is 16.6. The lowest BCUT2D eigenvalue weighted by Gasteiger charge is -2.44. The van der Waals surface area contributed by atoms with E-state index in [-0.39, 0.29) is 5.82 Å². The highest BCUT2D eigenvalue weighted by Crippen LogP contribution is 2.33. The van der Waals surface area contributed by atoms with E-state index in [1.165, 1.54) is 24.7 Å². The molecular weight excluding hydrogens is 314 g/mol. The molecule has 3 atom stereocenters. The van der Waals surface area contributed by atoms with Crippen molar-refractivity contribution >= 4 is 23.0 Å². The largest absolute Gasteiger partial charge is 0.546 e. The summed E-state index contributed by atoms with van der Waals surface area (Å²) in [5, 5.41) is 35.4. The van der Waals surface area contributed by atoms with E-state index in [1.54, 1.807) is 6.33 Å². The molecule has 1 aliphatic heterocycles. The number of nitrogens with one attached hydrogen (secondary N) is 1. The number of rotatable bonds is 4. The Morgan fingerprint density at radius 1 is 1.50 bits per heavy atom. The normalized spacial score (nSPS) is 29.3. The van der Waals surface area contributed by atoms with Gasteiger partial charge in [-0.1, -0.05) is 18.3 Å². The smallest absolute Gasteiger partial charge is 0.256 e. The van der Waals surface area contributed by atoms with Crippen molar-refractivity contribution in [2.24, 2.45) is 0 Å². The number of fused-ring (bicyclic) bond motifs is 3. The summed E-state index contributed by atoms with van der Waals surface area (Å²) in [6, 6.07) is 0. The maximum atomic E-state index is 11.6. The Morgan fingerprint density at radius 2 is 2.21 bits per heavy atom. The Morgan fingerprint density at radius 3 is 2.83 bits per heavy atom. The second kappa shape index (κ2) is 5.38. The number of hydrogen-bond acceptors (Lipinski definition) is 7. The number of aliphatic hydroxyl groups is 2. The zero-order valence-corrected chi connectivity index (χ0v) is 13.9. The summed E-state index contributed by atoms with van der Waals surface area (Å²) in [5.74, 6) is -1.24. The lowest BCUT2D eigenvalue weighted by atomic mass is 9.85. The fourth-order valence-corrected chi connectivity index (χ4v) is 3.07. The van der Waals surface area contributed by atoms with Gasteiger partial charge < -0.3 is 24.7 Å². The van der Waals surface area contributed by atoms with Gasteiger partial charge in [0.1, 0.15) is 0 Å². The molecule has 0 spiro atoms. The summed E-state index contributed by atoms with van der Waals surface area (Å²) < 4.78 is 3.17. The number of imidazole rings is 1. The van der Waals surface area contributed by atoms with Gasteiger partial charge in [0, 0.05) is 13.5 Å². The van der Waals surface area contributed by atoms with Crippen molar-refractivity contribution in [3.63, 3.8) is 0 Å². The van der Waals surface area contributed by atoms with Crippen molar-refractivity contribution in [3.8, 4) is 0 Å². The molecule has 9 heteroatoms. The average molecular weight is 335 g/mol. The topological polar surface area (TPSA) is 127 Å². The number of carboxylic acid groups (broad SMARTS) is 1. The fraction of sp³-hybridized carbons (Fsp3) is 0.600. The summed E-state index contributed by atoms with van der Waals surface area (Å²) in [6.07, 6.45) is 3.33. The van der Waals surface area contributed by atoms with Crippen molar-refractivity contribution < 1.29 is 24.7 Å². The molecule has 3 N–H and O–H groups in total. The van der Waals surface area contributed by atoms with Gasteiger partial charge in [-0.05, 0) is 13.3 Å². The van der Waals surface area contributed by atoms with Gasteiger partial charge in [0.25, 0.3) is 5.82 Å². The van der Waals surface area contributed by atoms with Crippen molar-refractivity contribution in [2.75, 3.05) is 5.32 Å². The van der Waals surface area contributed by atoms with Crippen molar-refractivity contribution in [1.82, 2.24) is 14.5 Å². The third-order valence-electron chi connectivity index (χ3n) is 4.68. The molecule has 0 amide bonds. The van der Waals surface area contributed by atoms with Gasteiger partial charge in [0.2, 0.25) is 17.7 Å². The molecule has 130 valence electrons. The standard InChI is InChI=1S/C15H21N5O4/c1-4-5-6-19-7-16-9-10(19)17-8-20-11(9)18-14(2,13(22)23)12(21)15(20,3)24/h7-8,12,21,24H,4-6H2,1-3H3,(H,22,23)/t12-,14+,15-/m1/s1. The minimum absolute atomic E-state index is 0.275. The molecule has 0 radical (unpaired) electrons. The van der Waals surface area contributed by atoms with Gasteiger partial charge in [-0.15, -0.1) is 0 Å². The monoisotopic (exact) mass is 335 g/mol. The quantitative estimate of drug-likeness (QED) is 0.579. The van der Waals surface area contributed by atoms with E-state index in [0.717, 1.165) is 19.4 Å². The number of carboxylic acids is 1. The van der Waals surface area contributed by atoms with Crippen LogP contribution in [-0.4, -0.2) is 42.4 Å². The first-order valence-electron chi connectivity index (χ1n) is 7.89. The van der Waals surface area contributed by atoms with Gasteiger partial charge in [-0.25, -0.2) is 9.55 Å². The molecule has 0 saturated carbocycles. The predicted octanol–water partition coefficient (Wildman–Crippen LogP) is -1.52. The van der Waals surface area contributed by atoms with Crippen LogP contribution in [0.3, 0.4) is 0 Å². The number of nitrogens with zero attached hydrogens (tertiary/aromatic N) is 4. The number of aryl methyl sites for hydroxylation is 1. The Balaban J connectivity index is 2.20. The molecule has 9 nitrogen and oxygen atoms in total. The first-order chi connectivity index (χ1) is 11.2. The number of carbonyl (C=O) groups excluding carboxylic acids is 1. The maximum Gasteiger partial charge on any atom is 0.256 e. The zero-order valence-electron chi connectivity index (χ0n) is 13.9. The van der Waals surface area contributed by atoms with Crippen LogP contribution in [0, 0.1) is 0 Å². The van der Waals surface area contributed by atoms with Gasteiger partial charge >= 0.3 is 0 Å². The molecule has 0 aromatic carbocycles. The third-order valence-corrected chi connectivity index (χ3v) is 4.68. The minimum Gasteiger partial charge on any atom is -0.546 e. The van der Waals surface area contributed by atoms with Crippen LogP contribution in [0.15, 0.2) is 12.7 Å². The van der Waals surface area contributed by atoms with Crippen molar-refractivity contribution in [1.29, 1.82) is 0 Å². The predicted molar refractivity (Wildman–Crippen MR) is 81.5 cm³/mol. The van der Waals surface area contributed by atoms with Crippen LogP contribution in [-0.2, 0) is 17.1 Å². The Hall–Kier alpha value is -2.26. The van der Waals surface area contributed by atoms with E-state index in [9.17, 15) is 20.1 Å². The number of aliphatic hydroxyl groups excluding tert-OH is 1. The van der Waals surface area contributed by atoms with Crippen molar-refractivity contribution in [2.45, 2.75) is 57.5 Å². The van der Waals surface area contributed by atoms with Crippen LogP contribution in [0.2, 0.25) is 0 Å². The highest BCUT2D eigenvalue weighted by Gasteiger charge is 2.56. The molecule has 1 aliphatic rings. The summed E-state index contributed by atoms with van der Waals surface area (Å²) in [7, 11) is 0. The SMILES string of the molecule is CCCCn1cnc2c3[n+](cnc21)[C@](C)(O)[C@H](O)[C@@](C)(C(=O)[O-])N3. The lowest BCUT2D eigenvalue weighted by molar-refractivity contribution is -0.807. The molecule has 2 aromatic rings. The van der Waals surface area contributed by atoms with Gasteiger partial charge in [0.15, 0.2) is 17.2 Å². The number of unbranched alkanes of at least 4 members (excludes halogenated alkanes) is 1. The number of aromatic nitrogens is 4. The Kier molecular flexibility index (Phi) is 3.72. The van der Waals surface area contributed by atoms with E-state index < -0.39 is 23.3 Å². The first-order valence-corrected chi connectivity index (χ1v) is 7.89. The lowest BCUT2D eigenvalue weighted by Crippen LogP contribution is -2.77. The van der Waals surface area contributed by atoms with Crippen molar-refractivity contribution in [3.05, 3.63) is 12.7 Å². The number of anilines is 1. The average Bonchev–Trinajstić information content (AvgIpc) is 2.94.